The van der Waals surface area contributed by atoms with Gasteiger partial charge < -0.3 is 0 Å². The minimum absolute atomic E-state index is 0.873. The summed E-state index contributed by atoms with van der Waals surface area (Å²) < 4.78 is 0. The molecule has 0 aromatic heterocycles. The Bertz CT molecular complexity index is 676. The molecule has 0 aliphatic heterocycles. The van der Waals surface area contributed by atoms with Crippen LogP contribution in [0.25, 0.3) is 11.1 Å². The largest absolute Gasteiger partial charge is 0.183 e. The molecule has 0 fully saturated rings. The predicted octanol–water partition coefficient (Wildman–Crippen LogP) is 5.35. The summed E-state index contributed by atoms with van der Waals surface area (Å²) in [6.07, 6.45) is 6.39. The van der Waals surface area contributed by atoms with Crippen molar-refractivity contribution in [3.63, 3.8) is 0 Å². The summed E-state index contributed by atoms with van der Waals surface area (Å²) in [4.78, 5) is 0. The quantitative estimate of drug-likeness (QED) is 0.519. The fraction of sp³-hybridized carbons (Fsp3) is 0.286. The van der Waals surface area contributed by atoms with Gasteiger partial charge in [-0.15, -0.1) is 0 Å². The van der Waals surface area contributed by atoms with E-state index in [-0.39, 0.29) is 0 Å². The second kappa shape index (κ2) is 8.71. The summed E-state index contributed by atoms with van der Waals surface area (Å²) in [5.74, 6) is 5.22. The van der Waals surface area contributed by atoms with Crippen LogP contribution in [0, 0.1) is 23.2 Å². The number of nitrogens with zero attached hydrogens (tertiary/aromatic N) is 1. The number of nitriles is 1. The standard InChI is InChI=1S/C21H21N/c1-2-3-4-5-7-18-9-13-20(14-10-18)21-15-11-19(12-16-21)8-6-17-22/h9-16H,2-5,7H2,1H3. The lowest BCUT2D eigenvalue weighted by molar-refractivity contribution is 0.667. The Morgan fingerprint density at radius 3 is 2.05 bits per heavy atom. The van der Waals surface area contributed by atoms with Gasteiger partial charge in [0.05, 0.1) is 0 Å². The van der Waals surface area contributed by atoms with Crippen molar-refractivity contribution in [3.8, 4) is 29.0 Å². The first-order valence-corrected chi connectivity index (χ1v) is 7.93. The Balaban J connectivity index is 1.99. The third-order valence-corrected chi connectivity index (χ3v) is 3.75. The van der Waals surface area contributed by atoms with Crippen LogP contribution >= 0.6 is 0 Å². The topological polar surface area (TPSA) is 23.8 Å². The molecule has 2 aromatic rings. The monoisotopic (exact) mass is 287 g/mol. The van der Waals surface area contributed by atoms with Crippen molar-refractivity contribution in [2.75, 3.05) is 0 Å². The smallest absolute Gasteiger partial charge is 0.152 e. The maximum Gasteiger partial charge on any atom is 0.152 e. The van der Waals surface area contributed by atoms with E-state index in [9.17, 15) is 0 Å². The molecule has 0 heterocycles. The Morgan fingerprint density at radius 1 is 0.818 bits per heavy atom. The van der Waals surface area contributed by atoms with E-state index in [0.717, 1.165) is 5.56 Å². The van der Waals surface area contributed by atoms with Crippen LogP contribution in [0.5, 0.6) is 0 Å². The van der Waals surface area contributed by atoms with Gasteiger partial charge in [-0.3, -0.25) is 0 Å². The average molecular weight is 287 g/mol. The number of benzene rings is 2. The van der Waals surface area contributed by atoms with Crippen molar-refractivity contribution in [1.82, 2.24) is 0 Å². The Kier molecular flexibility index (Phi) is 6.28. The van der Waals surface area contributed by atoms with Crippen LogP contribution in [-0.4, -0.2) is 0 Å². The first-order valence-electron chi connectivity index (χ1n) is 7.93. The molecule has 0 unspecified atom stereocenters. The van der Waals surface area contributed by atoms with E-state index in [0.29, 0.717) is 0 Å². The van der Waals surface area contributed by atoms with E-state index < -0.39 is 0 Å². The van der Waals surface area contributed by atoms with E-state index in [1.54, 1.807) is 0 Å². The molecule has 0 aliphatic carbocycles. The summed E-state index contributed by atoms with van der Waals surface area (Å²) in [7, 11) is 0. The molecule has 2 aromatic carbocycles. The van der Waals surface area contributed by atoms with Crippen LogP contribution in [0.1, 0.15) is 43.7 Å². The molecular formula is C21H21N. The van der Waals surface area contributed by atoms with Gasteiger partial charge in [-0.2, -0.15) is 5.26 Å². The molecule has 0 saturated heterocycles. The molecule has 0 N–H and O–H groups in total. The molecule has 0 atom stereocenters. The average Bonchev–Trinajstić information content (AvgIpc) is 2.58. The highest BCUT2D eigenvalue weighted by Crippen LogP contribution is 2.21. The summed E-state index contributed by atoms with van der Waals surface area (Å²) in [6, 6.07) is 18.7. The second-order valence-electron chi connectivity index (χ2n) is 5.45. The van der Waals surface area contributed by atoms with Gasteiger partial charge in [0.15, 0.2) is 6.07 Å². The molecule has 1 heteroatoms. The molecule has 0 bridgehead atoms. The van der Waals surface area contributed by atoms with Gasteiger partial charge in [-0.05, 0) is 41.7 Å². The van der Waals surface area contributed by atoms with Gasteiger partial charge in [-0.1, -0.05) is 68.5 Å². The molecule has 0 radical (unpaired) electrons. The van der Waals surface area contributed by atoms with Crippen LogP contribution in [0.3, 0.4) is 0 Å². The molecule has 1 nitrogen and oxygen atoms in total. The van der Waals surface area contributed by atoms with Crippen molar-refractivity contribution in [1.29, 1.82) is 5.26 Å². The van der Waals surface area contributed by atoms with Crippen LogP contribution in [-0.2, 0) is 6.42 Å². The lowest BCUT2D eigenvalue weighted by atomic mass is 10.0. The van der Waals surface area contributed by atoms with Crippen LogP contribution in [0.4, 0.5) is 0 Å². The SMILES string of the molecule is CCCCCCc1ccc(-c2ccc(C#CC#N)cc2)cc1. The predicted molar refractivity (Wildman–Crippen MR) is 92.2 cm³/mol. The first kappa shape index (κ1) is 15.9. The van der Waals surface area contributed by atoms with Crippen molar-refractivity contribution in [2.45, 2.75) is 39.0 Å². The molecule has 0 amide bonds. The fourth-order valence-electron chi connectivity index (χ4n) is 2.47. The Morgan fingerprint density at radius 2 is 1.45 bits per heavy atom. The van der Waals surface area contributed by atoms with Crippen LogP contribution in [0.15, 0.2) is 48.5 Å². The van der Waals surface area contributed by atoms with Gasteiger partial charge in [0.25, 0.3) is 0 Å². The number of hydrogen-bond acceptors (Lipinski definition) is 1. The highest BCUT2D eigenvalue weighted by atomic mass is 14.2. The maximum absolute atomic E-state index is 8.45. The van der Waals surface area contributed by atoms with Crippen LogP contribution in [0.2, 0.25) is 0 Å². The molecule has 0 spiro atoms. The van der Waals surface area contributed by atoms with E-state index in [1.807, 2.05) is 18.2 Å². The minimum Gasteiger partial charge on any atom is -0.183 e. The fourth-order valence-corrected chi connectivity index (χ4v) is 2.47. The van der Waals surface area contributed by atoms with Gasteiger partial charge in [0.1, 0.15) is 0 Å². The first-order chi connectivity index (χ1) is 10.8. The van der Waals surface area contributed by atoms with E-state index in [2.05, 4.69) is 55.2 Å². The molecule has 0 aliphatic rings. The second-order valence-corrected chi connectivity index (χ2v) is 5.45. The Labute approximate surface area is 133 Å². The normalized spacial score (nSPS) is 9.64. The van der Waals surface area contributed by atoms with Crippen LogP contribution < -0.4 is 0 Å². The highest BCUT2D eigenvalue weighted by Gasteiger charge is 1.99. The number of unbranched alkanes of at least 4 members (excludes halogenated alkanes) is 3. The molecule has 22 heavy (non-hydrogen) atoms. The zero-order chi connectivity index (χ0) is 15.6. The summed E-state index contributed by atoms with van der Waals surface area (Å²) in [5.41, 5.74) is 4.69. The maximum atomic E-state index is 8.45. The lowest BCUT2D eigenvalue weighted by Gasteiger charge is -2.05. The van der Waals surface area contributed by atoms with Gasteiger partial charge in [0.2, 0.25) is 0 Å². The van der Waals surface area contributed by atoms with Crippen molar-refractivity contribution in [3.05, 3.63) is 59.7 Å². The van der Waals surface area contributed by atoms with Crippen molar-refractivity contribution < 1.29 is 0 Å². The minimum atomic E-state index is 0.873. The number of hydrogen-bond donors (Lipinski definition) is 0. The number of aryl methyl sites for hydroxylation is 1. The third kappa shape index (κ3) is 4.80. The van der Waals surface area contributed by atoms with Crippen molar-refractivity contribution >= 4 is 0 Å². The van der Waals surface area contributed by atoms with Gasteiger partial charge in [-0.25, -0.2) is 0 Å². The number of rotatable bonds is 6. The molecule has 110 valence electrons. The highest BCUT2D eigenvalue weighted by molar-refractivity contribution is 5.64. The van der Waals surface area contributed by atoms with Gasteiger partial charge in [0, 0.05) is 11.5 Å². The molecule has 2 rings (SSSR count). The molecule has 0 saturated carbocycles. The Hall–Kier alpha value is -2.51. The van der Waals surface area contributed by atoms with E-state index in [4.69, 9.17) is 5.26 Å². The zero-order valence-corrected chi connectivity index (χ0v) is 13.1. The van der Waals surface area contributed by atoms with Crippen molar-refractivity contribution in [2.24, 2.45) is 0 Å². The zero-order valence-electron chi connectivity index (χ0n) is 13.1. The third-order valence-electron chi connectivity index (χ3n) is 3.75. The summed E-state index contributed by atoms with van der Waals surface area (Å²) in [6.45, 7) is 2.24. The lowest BCUT2D eigenvalue weighted by Crippen LogP contribution is -1.86. The van der Waals surface area contributed by atoms with E-state index in [1.165, 1.54) is 48.8 Å². The van der Waals surface area contributed by atoms with E-state index >= 15 is 0 Å². The summed E-state index contributed by atoms with van der Waals surface area (Å²) >= 11 is 0. The molecular weight excluding hydrogens is 266 g/mol. The van der Waals surface area contributed by atoms with Gasteiger partial charge >= 0.3 is 0 Å². The summed E-state index contributed by atoms with van der Waals surface area (Å²) in [5, 5.41) is 8.45.